The van der Waals surface area contributed by atoms with Crippen molar-refractivity contribution < 1.29 is 4.42 Å². The quantitative estimate of drug-likeness (QED) is 0.505. The normalized spacial score (nSPS) is 11.2. The van der Waals surface area contributed by atoms with Crippen molar-refractivity contribution in [1.29, 1.82) is 0 Å². The summed E-state index contributed by atoms with van der Waals surface area (Å²) in [6.45, 7) is 0. The second-order valence-electron chi connectivity index (χ2n) is 6.07. The molecule has 2 N–H and O–H groups in total. The molecule has 0 aliphatic heterocycles. The fourth-order valence-corrected chi connectivity index (χ4v) is 3.22. The Morgan fingerprint density at radius 1 is 0.808 bits per heavy atom. The highest BCUT2D eigenvalue weighted by Gasteiger charge is 2.09. The van der Waals surface area contributed by atoms with Crippen LogP contribution in [-0.2, 0) is 0 Å². The summed E-state index contributed by atoms with van der Waals surface area (Å²) in [5.74, 6) is 0. The monoisotopic (exact) mass is 338 g/mol. The van der Waals surface area contributed by atoms with Crippen LogP contribution in [0.25, 0.3) is 44.3 Å². The van der Waals surface area contributed by atoms with Gasteiger partial charge in [0.15, 0.2) is 5.58 Å². The summed E-state index contributed by atoms with van der Waals surface area (Å²) in [5.41, 5.74) is 12.3. The van der Waals surface area contributed by atoms with Crippen LogP contribution in [-0.4, -0.2) is 15.0 Å². The lowest BCUT2D eigenvalue weighted by molar-refractivity contribution is 0.626. The summed E-state index contributed by atoms with van der Waals surface area (Å²) in [6.07, 6.45) is 5.47. The first kappa shape index (κ1) is 14.6. The van der Waals surface area contributed by atoms with E-state index >= 15 is 0 Å². The van der Waals surface area contributed by atoms with Crippen LogP contribution < -0.4 is 5.73 Å². The number of aromatic nitrogens is 3. The second kappa shape index (κ2) is 5.67. The molecule has 5 aromatic rings. The number of rotatable bonds is 2. The summed E-state index contributed by atoms with van der Waals surface area (Å²) in [5, 5.41) is 1.08. The van der Waals surface area contributed by atoms with Gasteiger partial charge in [-0.2, -0.15) is 4.98 Å². The number of fused-ring (bicyclic) bond motifs is 2. The third-order valence-electron chi connectivity index (χ3n) is 4.45. The summed E-state index contributed by atoms with van der Waals surface area (Å²) in [4.78, 5) is 12.9. The molecule has 5 nitrogen and oxygen atoms in total. The Bertz CT molecular complexity index is 1250. The average molecular weight is 338 g/mol. The van der Waals surface area contributed by atoms with E-state index in [1.54, 1.807) is 6.20 Å². The molecule has 5 rings (SSSR count). The molecular formula is C21H14N4O. The molecule has 0 radical (unpaired) electrons. The van der Waals surface area contributed by atoms with Gasteiger partial charge in [0.05, 0.1) is 5.52 Å². The Morgan fingerprint density at radius 3 is 2.58 bits per heavy atom. The molecule has 0 unspecified atom stereocenters. The predicted octanol–water partition coefficient (Wildman–Crippen LogP) is 4.69. The van der Waals surface area contributed by atoms with E-state index in [-0.39, 0.29) is 6.01 Å². The summed E-state index contributed by atoms with van der Waals surface area (Å²) >= 11 is 0. The predicted molar refractivity (Wildman–Crippen MR) is 102 cm³/mol. The zero-order valence-corrected chi connectivity index (χ0v) is 13.8. The number of nitrogens with two attached hydrogens (primary N) is 1. The Kier molecular flexibility index (Phi) is 3.18. The molecule has 0 bridgehead atoms. The van der Waals surface area contributed by atoms with Gasteiger partial charge in [-0.3, -0.25) is 9.97 Å². The van der Waals surface area contributed by atoms with E-state index in [2.05, 4.69) is 33.2 Å². The minimum Gasteiger partial charge on any atom is -0.424 e. The van der Waals surface area contributed by atoms with Crippen molar-refractivity contribution in [2.45, 2.75) is 0 Å². The van der Waals surface area contributed by atoms with Gasteiger partial charge in [0.1, 0.15) is 5.52 Å². The van der Waals surface area contributed by atoms with Crippen molar-refractivity contribution in [1.82, 2.24) is 15.0 Å². The van der Waals surface area contributed by atoms with Gasteiger partial charge < -0.3 is 10.2 Å². The molecular weight excluding hydrogens is 324 g/mol. The van der Waals surface area contributed by atoms with Gasteiger partial charge in [-0.1, -0.05) is 18.2 Å². The largest absolute Gasteiger partial charge is 0.424 e. The molecule has 0 fully saturated rings. The molecule has 124 valence electrons. The summed E-state index contributed by atoms with van der Waals surface area (Å²) in [6, 6.07) is 18.3. The molecule has 0 saturated heterocycles. The van der Waals surface area contributed by atoms with Gasteiger partial charge in [0.2, 0.25) is 0 Å². The number of hydrogen-bond donors (Lipinski definition) is 1. The number of pyridine rings is 2. The molecule has 0 saturated carbocycles. The van der Waals surface area contributed by atoms with E-state index < -0.39 is 0 Å². The van der Waals surface area contributed by atoms with Crippen LogP contribution in [0.5, 0.6) is 0 Å². The van der Waals surface area contributed by atoms with Crippen LogP contribution in [0.4, 0.5) is 6.01 Å². The lowest BCUT2D eigenvalue weighted by Gasteiger charge is -2.08. The van der Waals surface area contributed by atoms with Crippen LogP contribution in [0.2, 0.25) is 0 Å². The Morgan fingerprint density at radius 2 is 1.69 bits per heavy atom. The van der Waals surface area contributed by atoms with Gasteiger partial charge in [0, 0.05) is 29.5 Å². The first-order valence-corrected chi connectivity index (χ1v) is 8.23. The second-order valence-corrected chi connectivity index (χ2v) is 6.07. The van der Waals surface area contributed by atoms with E-state index in [9.17, 15) is 0 Å². The average Bonchev–Trinajstić information content (AvgIpc) is 3.07. The summed E-state index contributed by atoms with van der Waals surface area (Å²) in [7, 11) is 0. The Labute approximate surface area is 149 Å². The molecule has 0 atom stereocenters. The van der Waals surface area contributed by atoms with Crippen LogP contribution in [0.1, 0.15) is 0 Å². The smallest absolute Gasteiger partial charge is 0.292 e. The van der Waals surface area contributed by atoms with Gasteiger partial charge in [-0.25, -0.2) is 0 Å². The standard InChI is InChI=1S/C21H14N4O/c22-21-25-19-11-14(4-6-20(19)26-21)13-3-5-18-17(10-13)16(7-9-24-18)15-2-1-8-23-12-15/h1-12H,(H2,22,25). The van der Waals surface area contributed by atoms with Crippen LogP contribution >= 0.6 is 0 Å². The van der Waals surface area contributed by atoms with E-state index in [1.807, 2.05) is 48.8 Å². The van der Waals surface area contributed by atoms with Gasteiger partial charge in [0.25, 0.3) is 6.01 Å². The van der Waals surface area contributed by atoms with Crippen LogP contribution in [0.15, 0.2) is 77.6 Å². The Balaban J connectivity index is 1.71. The first-order valence-electron chi connectivity index (χ1n) is 8.23. The molecule has 26 heavy (non-hydrogen) atoms. The molecule has 2 aromatic carbocycles. The number of nitrogens with zero attached hydrogens (tertiary/aromatic N) is 3. The highest BCUT2D eigenvalue weighted by molar-refractivity contribution is 5.97. The van der Waals surface area contributed by atoms with E-state index in [0.717, 1.165) is 38.7 Å². The molecule has 5 heteroatoms. The molecule has 0 aliphatic carbocycles. The molecule has 3 aromatic heterocycles. The number of oxazole rings is 1. The number of anilines is 1. The lowest BCUT2D eigenvalue weighted by atomic mass is 9.98. The van der Waals surface area contributed by atoms with E-state index in [0.29, 0.717) is 5.58 Å². The van der Waals surface area contributed by atoms with E-state index in [1.165, 1.54) is 0 Å². The van der Waals surface area contributed by atoms with Crippen LogP contribution in [0.3, 0.4) is 0 Å². The maximum absolute atomic E-state index is 5.65. The highest BCUT2D eigenvalue weighted by Crippen LogP contribution is 2.32. The zero-order valence-electron chi connectivity index (χ0n) is 13.8. The third kappa shape index (κ3) is 2.38. The molecule has 3 heterocycles. The van der Waals surface area contributed by atoms with Gasteiger partial charge in [-0.15, -0.1) is 0 Å². The van der Waals surface area contributed by atoms with Crippen molar-refractivity contribution in [2.24, 2.45) is 0 Å². The minimum absolute atomic E-state index is 0.179. The topological polar surface area (TPSA) is 77.8 Å². The SMILES string of the molecule is Nc1nc2cc(-c3ccc4nccc(-c5cccnc5)c4c3)ccc2o1. The summed E-state index contributed by atoms with van der Waals surface area (Å²) < 4.78 is 5.36. The minimum atomic E-state index is 0.179. The Hall–Kier alpha value is -3.73. The fraction of sp³-hybridized carbons (Fsp3) is 0. The van der Waals surface area contributed by atoms with Gasteiger partial charge >= 0.3 is 0 Å². The molecule has 0 amide bonds. The van der Waals surface area contributed by atoms with Crippen molar-refractivity contribution >= 4 is 28.0 Å². The molecule has 0 spiro atoms. The molecule has 0 aliphatic rings. The number of nitrogen functional groups attached to an aromatic ring is 1. The van der Waals surface area contributed by atoms with Crippen molar-refractivity contribution in [3.8, 4) is 22.3 Å². The number of hydrogen-bond acceptors (Lipinski definition) is 5. The number of benzene rings is 2. The van der Waals surface area contributed by atoms with E-state index in [4.69, 9.17) is 10.2 Å². The first-order chi connectivity index (χ1) is 12.8. The maximum atomic E-state index is 5.65. The van der Waals surface area contributed by atoms with Crippen LogP contribution in [0, 0.1) is 0 Å². The van der Waals surface area contributed by atoms with Crippen molar-refractivity contribution in [2.75, 3.05) is 5.73 Å². The maximum Gasteiger partial charge on any atom is 0.292 e. The third-order valence-corrected chi connectivity index (χ3v) is 4.45. The fourth-order valence-electron chi connectivity index (χ4n) is 3.22. The lowest BCUT2D eigenvalue weighted by Crippen LogP contribution is -1.87. The van der Waals surface area contributed by atoms with Crippen molar-refractivity contribution in [3.63, 3.8) is 0 Å². The van der Waals surface area contributed by atoms with Crippen molar-refractivity contribution in [3.05, 3.63) is 73.2 Å². The van der Waals surface area contributed by atoms with Gasteiger partial charge in [-0.05, 0) is 53.1 Å². The highest BCUT2D eigenvalue weighted by atomic mass is 16.4. The zero-order chi connectivity index (χ0) is 17.5.